The SMILES string of the molecule is CCOc1c([N+](=O)[O-])ccc(C(C)=O)c1I. The number of benzene rings is 1. The van der Waals surface area contributed by atoms with Gasteiger partial charge < -0.3 is 4.74 Å². The second-order valence-electron chi connectivity index (χ2n) is 3.02. The smallest absolute Gasteiger partial charge is 0.312 e. The Bertz CT molecular complexity index is 445. The van der Waals surface area contributed by atoms with Crippen LogP contribution in [0.25, 0.3) is 0 Å². The standard InChI is InChI=1S/C10H10INO4/c1-3-16-10-8(12(14)15)5-4-7(6(2)13)9(10)11/h4-5H,3H2,1-2H3. The van der Waals surface area contributed by atoms with Crippen molar-refractivity contribution < 1.29 is 14.5 Å². The van der Waals surface area contributed by atoms with E-state index in [2.05, 4.69) is 0 Å². The van der Waals surface area contributed by atoms with Crippen LogP contribution in [0, 0.1) is 13.7 Å². The Morgan fingerprint density at radius 3 is 2.62 bits per heavy atom. The van der Waals surface area contributed by atoms with Crippen molar-refractivity contribution >= 4 is 34.1 Å². The molecule has 1 rings (SSSR count). The molecule has 1 aromatic rings. The molecule has 0 aliphatic heterocycles. The van der Waals surface area contributed by atoms with E-state index in [-0.39, 0.29) is 17.2 Å². The lowest BCUT2D eigenvalue weighted by molar-refractivity contribution is -0.385. The van der Waals surface area contributed by atoms with E-state index in [1.54, 1.807) is 6.92 Å². The number of carbonyl (C=O) groups excluding carboxylic acids is 1. The zero-order chi connectivity index (χ0) is 12.3. The first-order valence-electron chi connectivity index (χ1n) is 4.59. The number of ketones is 1. The van der Waals surface area contributed by atoms with Gasteiger partial charge in [0, 0.05) is 11.6 Å². The highest BCUT2D eigenvalue weighted by Crippen LogP contribution is 2.34. The monoisotopic (exact) mass is 335 g/mol. The maximum Gasteiger partial charge on any atom is 0.312 e. The van der Waals surface area contributed by atoms with Crippen LogP contribution in [0.4, 0.5) is 5.69 Å². The molecule has 0 atom stereocenters. The van der Waals surface area contributed by atoms with E-state index < -0.39 is 4.92 Å². The van der Waals surface area contributed by atoms with Gasteiger partial charge in [-0.15, -0.1) is 0 Å². The highest BCUT2D eigenvalue weighted by atomic mass is 127. The molecule has 0 aliphatic carbocycles. The number of ether oxygens (including phenoxy) is 1. The van der Waals surface area contributed by atoms with E-state index in [1.165, 1.54) is 19.1 Å². The summed E-state index contributed by atoms with van der Waals surface area (Å²) in [5.41, 5.74) is 0.325. The highest BCUT2D eigenvalue weighted by Gasteiger charge is 2.22. The zero-order valence-electron chi connectivity index (χ0n) is 8.82. The van der Waals surface area contributed by atoms with Crippen molar-refractivity contribution in [1.29, 1.82) is 0 Å². The maximum atomic E-state index is 11.3. The summed E-state index contributed by atoms with van der Waals surface area (Å²) < 4.78 is 5.71. The second-order valence-corrected chi connectivity index (χ2v) is 4.10. The van der Waals surface area contributed by atoms with Gasteiger partial charge in [0.25, 0.3) is 0 Å². The highest BCUT2D eigenvalue weighted by molar-refractivity contribution is 14.1. The molecule has 0 radical (unpaired) electrons. The molecule has 0 unspecified atom stereocenters. The number of halogens is 1. The summed E-state index contributed by atoms with van der Waals surface area (Å²) in [6.45, 7) is 3.47. The molecule has 1 aromatic carbocycles. The van der Waals surface area contributed by atoms with Gasteiger partial charge in [0.2, 0.25) is 5.75 Å². The lowest BCUT2D eigenvalue weighted by atomic mass is 10.1. The number of rotatable bonds is 4. The van der Waals surface area contributed by atoms with Gasteiger partial charge >= 0.3 is 5.69 Å². The van der Waals surface area contributed by atoms with E-state index in [9.17, 15) is 14.9 Å². The second kappa shape index (κ2) is 5.24. The summed E-state index contributed by atoms with van der Waals surface area (Å²) in [5.74, 6) is 0.0288. The summed E-state index contributed by atoms with van der Waals surface area (Å²) in [4.78, 5) is 21.5. The largest absolute Gasteiger partial charge is 0.486 e. The number of nitrogens with zero attached hydrogens (tertiary/aromatic N) is 1. The van der Waals surface area contributed by atoms with E-state index in [0.717, 1.165) is 0 Å². The number of nitro benzene ring substituents is 1. The van der Waals surface area contributed by atoms with Crippen molar-refractivity contribution in [3.63, 3.8) is 0 Å². The first-order valence-corrected chi connectivity index (χ1v) is 5.67. The quantitative estimate of drug-likeness (QED) is 0.367. The normalized spacial score (nSPS) is 9.94. The molecular formula is C10H10INO4. The third-order valence-electron chi connectivity index (χ3n) is 1.94. The van der Waals surface area contributed by atoms with Gasteiger partial charge in [-0.1, -0.05) is 0 Å². The minimum Gasteiger partial charge on any atom is -0.486 e. The lowest BCUT2D eigenvalue weighted by Crippen LogP contribution is -2.04. The van der Waals surface area contributed by atoms with Crippen LogP contribution in [-0.4, -0.2) is 17.3 Å². The molecule has 0 saturated carbocycles. The van der Waals surface area contributed by atoms with Crippen LogP contribution >= 0.6 is 22.6 Å². The third kappa shape index (κ3) is 2.49. The first-order chi connectivity index (χ1) is 7.49. The molecule has 0 aliphatic rings. The Labute approximate surface area is 106 Å². The Balaban J connectivity index is 3.41. The summed E-state index contributed by atoms with van der Waals surface area (Å²) in [6, 6.07) is 2.74. The van der Waals surface area contributed by atoms with Crippen molar-refractivity contribution in [2.75, 3.05) is 6.61 Å². The van der Waals surface area contributed by atoms with Gasteiger partial charge in [0.1, 0.15) is 0 Å². The van der Waals surface area contributed by atoms with E-state index >= 15 is 0 Å². The number of hydrogen-bond donors (Lipinski definition) is 0. The maximum absolute atomic E-state index is 11.3. The minimum absolute atomic E-state index is 0.115. The van der Waals surface area contributed by atoms with Crippen LogP contribution in [0.3, 0.4) is 0 Å². The van der Waals surface area contributed by atoms with Crippen LogP contribution in [0.5, 0.6) is 5.75 Å². The molecule has 0 saturated heterocycles. The molecule has 0 aromatic heterocycles. The topological polar surface area (TPSA) is 69.4 Å². The predicted octanol–water partition coefficient (Wildman–Crippen LogP) is 2.80. The molecule has 5 nitrogen and oxygen atoms in total. The zero-order valence-corrected chi connectivity index (χ0v) is 11.0. The molecule has 0 N–H and O–H groups in total. The Hall–Kier alpha value is -1.18. The lowest BCUT2D eigenvalue weighted by Gasteiger charge is -2.08. The molecule has 16 heavy (non-hydrogen) atoms. The number of nitro groups is 1. The molecule has 0 amide bonds. The van der Waals surface area contributed by atoms with Gasteiger partial charge in [0.05, 0.1) is 15.1 Å². The molecular weight excluding hydrogens is 325 g/mol. The molecule has 0 spiro atoms. The van der Waals surface area contributed by atoms with Crippen molar-refractivity contribution in [2.45, 2.75) is 13.8 Å². The fourth-order valence-corrected chi connectivity index (χ4v) is 2.23. The molecule has 0 bridgehead atoms. The summed E-state index contributed by atoms with van der Waals surface area (Å²) in [6.07, 6.45) is 0. The van der Waals surface area contributed by atoms with Crippen LogP contribution < -0.4 is 4.74 Å². The molecule has 6 heteroatoms. The number of carbonyl (C=O) groups is 1. The minimum atomic E-state index is -0.517. The molecule has 0 fully saturated rings. The average Bonchev–Trinajstić information content (AvgIpc) is 2.20. The van der Waals surface area contributed by atoms with Crippen molar-refractivity contribution in [3.8, 4) is 5.75 Å². The fraction of sp³-hybridized carbons (Fsp3) is 0.300. The van der Waals surface area contributed by atoms with Gasteiger partial charge in [0.15, 0.2) is 5.78 Å². The van der Waals surface area contributed by atoms with Crippen molar-refractivity contribution in [3.05, 3.63) is 31.4 Å². The average molecular weight is 335 g/mol. The third-order valence-corrected chi connectivity index (χ3v) is 3.01. The van der Waals surface area contributed by atoms with Gasteiger partial charge in [-0.25, -0.2) is 0 Å². The summed E-state index contributed by atoms with van der Waals surface area (Å²) in [7, 11) is 0. The van der Waals surface area contributed by atoms with E-state index in [1.807, 2.05) is 22.6 Å². The molecule has 0 heterocycles. The summed E-state index contributed by atoms with van der Waals surface area (Å²) in [5, 5.41) is 10.8. The van der Waals surface area contributed by atoms with Gasteiger partial charge in [-0.3, -0.25) is 14.9 Å². The predicted molar refractivity (Wildman–Crippen MR) is 67.0 cm³/mol. The van der Waals surface area contributed by atoms with Crippen LogP contribution in [0.2, 0.25) is 0 Å². The first kappa shape index (κ1) is 12.9. The van der Waals surface area contributed by atoms with Crippen molar-refractivity contribution in [1.82, 2.24) is 0 Å². The van der Waals surface area contributed by atoms with Gasteiger partial charge in [-0.2, -0.15) is 0 Å². The molecule has 86 valence electrons. The Kier molecular flexibility index (Phi) is 4.22. The Morgan fingerprint density at radius 2 is 2.19 bits per heavy atom. The number of hydrogen-bond acceptors (Lipinski definition) is 4. The Morgan fingerprint density at radius 1 is 1.56 bits per heavy atom. The van der Waals surface area contributed by atoms with E-state index in [0.29, 0.717) is 15.7 Å². The number of Topliss-reactive ketones (excluding diaryl/α,β-unsaturated/α-hetero) is 1. The van der Waals surface area contributed by atoms with Crippen LogP contribution in [0.15, 0.2) is 12.1 Å². The van der Waals surface area contributed by atoms with Crippen LogP contribution in [0.1, 0.15) is 24.2 Å². The van der Waals surface area contributed by atoms with Crippen molar-refractivity contribution in [2.24, 2.45) is 0 Å². The van der Waals surface area contributed by atoms with Crippen LogP contribution in [-0.2, 0) is 0 Å². The summed E-state index contributed by atoms with van der Waals surface area (Å²) >= 11 is 1.89. The van der Waals surface area contributed by atoms with E-state index in [4.69, 9.17) is 4.74 Å². The van der Waals surface area contributed by atoms with Gasteiger partial charge in [-0.05, 0) is 42.5 Å². The fourth-order valence-electron chi connectivity index (χ4n) is 1.24.